The molecule has 23 heavy (non-hydrogen) atoms. The van der Waals surface area contributed by atoms with Crippen LogP contribution in [-0.4, -0.2) is 18.2 Å². The first kappa shape index (κ1) is 14.9. The Bertz CT molecular complexity index is 872. The lowest BCUT2D eigenvalue weighted by Crippen LogP contribution is -2.00. The second-order valence-corrected chi connectivity index (χ2v) is 5.16. The number of methoxy groups -OCH3 is 1. The molecule has 0 aliphatic heterocycles. The lowest BCUT2D eigenvalue weighted by Gasteiger charge is -2.08. The van der Waals surface area contributed by atoms with Crippen LogP contribution in [0.15, 0.2) is 66.7 Å². The molecule has 1 N–H and O–H groups in total. The number of rotatable bonds is 4. The van der Waals surface area contributed by atoms with Crippen LogP contribution in [0, 0.1) is 0 Å². The van der Waals surface area contributed by atoms with Gasteiger partial charge in [0, 0.05) is 0 Å². The van der Waals surface area contributed by atoms with Crippen LogP contribution >= 0.6 is 0 Å². The Hall–Kier alpha value is -3.07. The molecule has 3 nitrogen and oxygen atoms in total. The number of carboxylic acid groups (broad SMARTS) is 1. The van der Waals surface area contributed by atoms with Gasteiger partial charge in [-0.1, -0.05) is 54.6 Å². The van der Waals surface area contributed by atoms with Gasteiger partial charge in [0.15, 0.2) is 0 Å². The highest BCUT2D eigenvalue weighted by molar-refractivity contribution is 6.23. The highest BCUT2D eigenvalue weighted by atomic mass is 16.5. The summed E-state index contributed by atoms with van der Waals surface area (Å²) in [6.45, 7) is 0. The van der Waals surface area contributed by atoms with Crippen LogP contribution in [0.2, 0.25) is 0 Å². The minimum Gasteiger partial charge on any atom is -0.497 e. The molecule has 0 atom stereocenters. The fourth-order valence-electron chi connectivity index (χ4n) is 2.58. The molecule has 3 rings (SSSR count). The predicted octanol–water partition coefficient (Wildman–Crippen LogP) is 4.47. The first-order valence-electron chi connectivity index (χ1n) is 7.26. The summed E-state index contributed by atoms with van der Waals surface area (Å²) >= 11 is 0. The SMILES string of the molecule is COc1ccc(C=C(C(=O)O)c2cccc3ccccc23)cc1. The van der Waals surface area contributed by atoms with E-state index in [1.807, 2.05) is 66.7 Å². The van der Waals surface area contributed by atoms with Gasteiger partial charge in [0.05, 0.1) is 12.7 Å². The summed E-state index contributed by atoms with van der Waals surface area (Å²) in [6.07, 6.45) is 1.68. The lowest BCUT2D eigenvalue weighted by atomic mass is 9.96. The highest BCUT2D eigenvalue weighted by Gasteiger charge is 2.13. The Balaban J connectivity index is 2.14. The number of ether oxygens (including phenoxy) is 1. The molecular formula is C20H16O3. The summed E-state index contributed by atoms with van der Waals surface area (Å²) in [5.74, 6) is -0.207. The zero-order valence-corrected chi connectivity index (χ0v) is 12.7. The molecule has 0 aliphatic carbocycles. The molecule has 3 aromatic carbocycles. The molecule has 3 heteroatoms. The van der Waals surface area contributed by atoms with E-state index in [9.17, 15) is 9.90 Å². The van der Waals surface area contributed by atoms with Crippen molar-refractivity contribution in [1.82, 2.24) is 0 Å². The van der Waals surface area contributed by atoms with E-state index in [1.54, 1.807) is 13.2 Å². The van der Waals surface area contributed by atoms with Crippen molar-refractivity contribution in [2.75, 3.05) is 7.11 Å². The molecule has 0 saturated heterocycles. The van der Waals surface area contributed by atoms with E-state index in [-0.39, 0.29) is 5.57 Å². The van der Waals surface area contributed by atoms with Gasteiger partial charge in [-0.2, -0.15) is 0 Å². The van der Waals surface area contributed by atoms with Crippen LogP contribution in [0.5, 0.6) is 5.75 Å². The quantitative estimate of drug-likeness (QED) is 0.571. The Morgan fingerprint density at radius 3 is 2.35 bits per heavy atom. The molecule has 0 bridgehead atoms. The average Bonchev–Trinajstić information content (AvgIpc) is 2.59. The molecule has 0 unspecified atom stereocenters. The molecule has 0 aliphatic rings. The van der Waals surface area contributed by atoms with Crippen LogP contribution in [0.4, 0.5) is 0 Å². The summed E-state index contributed by atoms with van der Waals surface area (Å²) in [6, 6.07) is 20.8. The van der Waals surface area contributed by atoms with Crippen LogP contribution in [0.25, 0.3) is 22.4 Å². The van der Waals surface area contributed by atoms with E-state index >= 15 is 0 Å². The third kappa shape index (κ3) is 3.09. The number of benzene rings is 3. The van der Waals surface area contributed by atoms with E-state index in [4.69, 9.17) is 4.74 Å². The van der Waals surface area contributed by atoms with Crippen LogP contribution in [0.1, 0.15) is 11.1 Å². The van der Waals surface area contributed by atoms with Gasteiger partial charge in [-0.25, -0.2) is 4.79 Å². The number of aliphatic carboxylic acids is 1. The van der Waals surface area contributed by atoms with Gasteiger partial charge in [-0.3, -0.25) is 0 Å². The van der Waals surface area contributed by atoms with Gasteiger partial charge >= 0.3 is 5.97 Å². The smallest absolute Gasteiger partial charge is 0.336 e. The van der Waals surface area contributed by atoms with Crippen LogP contribution in [0.3, 0.4) is 0 Å². The number of carbonyl (C=O) groups is 1. The van der Waals surface area contributed by atoms with Crippen molar-refractivity contribution in [2.45, 2.75) is 0 Å². The number of carboxylic acids is 1. The molecular weight excluding hydrogens is 288 g/mol. The first-order chi connectivity index (χ1) is 11.2. The number of hydrogen-bond donors (Lipinski definition) is 1. The molecule has 0 saturated carbocycles. The minimum atomic E-state index is -0.947. The highest BCUT2D eigenvalue weighted by Crippen LogP contribution is 2.27. The number of fused-ring (bicyclic) bond motifs is 1. The van der Waals surface area contributed by atoms with Crippen molar-refractivity contribution in [3.63, 3.8) is 0 Å². The van der Waals surface area contributed by atoms with Crippen LogP contribution in [-0.2, 0) is 4.79 Å². The van der Waals surface area contributed by atoms with Gasteiger partial charge in [-0.05, 0) is 40.1 Å². The fourth-order valence-corrected chi connectivity index (χ4v) is 2.58. The molecule has 0 fully saturated rings. The average molecular weight is 304 g/mol. The Morgan fingerprint density at radius 2 is 1.65 bits per heavy atom. The molecule has 0 aromatic heterocycles. The van der Waals surface area contributed by atoms with Crippen molar-refractivity contribution < 1.29 is 14.6 Å². The lowest BCUT2D eigenvalue weighted by molar-refractivity contribution is -0.130. The normalized spacial score (nSPS) is 11.4. The monoisotopic (exact) mass is 304 g/mol. The van der Waals surface area contributed by atoms with Gasteiger partial charge in [0.1, 0.15) is 5.75 Å². The van der Waals surface area contributed by atoms with E-state index in [0.717, 1.165) is 22.1 Å². The van der Waals surface area contributed by atoms with Crippen molar-refractivity contribution in [3.8, 4) is 5.75 Å². The third-order valence-electron chi connectivity index (χ3n) is 3.74. The topological polar surface area (TPSA) is 46.5 Å². The summed E-state index contributed by atoms with van der Waals surface area (Å²) in [7, 11) is 1.60. The van der Waals surface area contributed by atoms with Crippen molar-refractivity contribution in [1.29, 1.82) is 0 Å². The second-order valence-electron chi connectivity index (χ2n) is 5.16. The standard InChI is InChI=1S/C20H16O3/c1-23-16-11-9-14(10-12-16)13-19(20(21)22)18-8-4-6-15-5-2-3-7-17(15)18/h2-13H,1H3,(H,21,22). The second kappa shape index (κ2) is 6.36. The van der Waals surface area contributed by atoms with E-state index in [0.29, 0.717) is 5.56 Å². The summed E-state index contributed by atoms with van der Waals surface area (Å²) in [5.41, 5.74) is 1.80. The summed E-state index contributed by atoms with van der Waals surface area (Å²) < 4.78 is 5.13. The van der Waals surface area contributed by atoms with Crippen molar-refractivity contribution in [3.05, 3.63) is 77.9 Å². The first-order valence-corrected chi connectivity index (χ1v) is 7.26. The largest absolute Gasteiger partial charge is 0.497 e. The molecule has 114 valence electrons. The zero-order valence-electron chi connectivity index (χ0n) is 12.7. The molecule has 0 spiro atoms. The summed E-state index contributed by atoms with van der Waals surface area (Å²) in [4.78, 5) is 11.8. The van der Waals surface area contributed by atoms with Gasteiger partial charge in [0.25, 0.3) is 0 Å². The van der Waals surface area contributed by atoms with E-state index < -0.39 is 5.97 Å². The Labute approximate surface area is 134 Å². The maximum absolute atomic E-state index is 11.8. The Kier molecular flexibility index (Phi) is 4.11. The zero-order chi connectivity index (χ0) is 16.2. The molecule has 0 amide bonds. The van der Waals surface area contributed by atoms with E-state index in [2.05, 4.69) is 0 Å². The fraction of sp³-hybridized carbons (Fsp3) is 0.0500. The maximum Gasteiger partial charge on any atom is 0.336 e. The van der Waals surface area contributed by atoms with Gasteiger partial charge in [0.2, 0.25) is 0 Å². The molecule has 3 aromatic rings. The van der Waals surface area contributed by atoms with Gasteiger partial charge in [-0.15, -0.1) is 0 Å². The molecule has 0 radical (unpaired) electrons. The van der Waals surface area contributed by atoms with Crippen LogP contribution < -0.4 is 4.74 Å². The number of hydrogen-bond acceptors (Lipinski definition) is 2. The third-order valence-corrected chi connectivity index (χ3v) is 3.74. The van der Waals surface area contributed by atoms with Crippen molar-refractivity contribution in [2.24, 2.45) is 0 Å². The van der Waals surface area contributed by atoms with Gasteiger partial charge < -0.3 is 9.84 Å². The van der Waals surface area contributed by atoms with Crippen molar-refractivity contribution >= 4 is 28.4 Å². The summed E-state index contributed by atoms with van der Waals surface area (Å²) in [5, 5.41) is 11.6. The minimum absolute atomic E-state index is 0.270. The maximum atomic E-state index is 11.8. The predicted molar refractivity (Wildman–Crippen MR) is 92.4 cm³/mol. The van der Waals surface area contributed by atoms with E-state index in [1.165, 1.54) is 0 Å². The molecule has 0 heterocycles. The Morgan fingerprint density at radius 1 is 0.957 bits per heavy atom.